The maximum atomic E-state index is 12.9. The molecule has 2 aromatic rings. The average Bonchev–Trinajstić information content (AvgIpc) is 2.94. The Hall–Kier alpha value is -2.37. The van der Waals surface area contributed by atoms with Crippen LogP contribution in [0.15, 0.2) is 16.7 Å². The first-order valence-corrected chi connectivity index (χ1v) is 8.44. The SMILES string of the molecule is COc1cnc(C)cc1C(=O)N1CCc2oc(C3CCC3)nc2C1. The van der Waals surface area contributed by atoms with Gasteiger partial charge in [-0.2, -0.15) is 0 Å². The van der Waals surface area contributed by atoms with Gasteiger partial charge in [-0.25, -0.2) is 4.98 Å². The van der Waals surface area contributed by atoms with Crippen molar-refractivity contribution < 1.29 is 13.9 Å². The molecule has 1 amide bonds. The highest BCUT2D eigenvalue weighted by Gasteiger charge is 2.31. The van der Waals surface area contributed by atoms with Crippen LogP contribution < -0.4 is 4.74 Å². The molecule has 0 unspecified atom stereocenters. The van der Waals surface area contributed by atoms with E-state index in [0.717, 1.165) is 35.9 Å². The number of amides is 1. The lowest BCUT2D eigenvalue weighted by Gasteiger charge is -2.26. The summed E-state index contributed by atoms with van der Waals surface area (Å²) in [6, 6.07) is 1.78. The number of rotatable bonds is 3. The summed E-state index contributed by atoms with van der Waals surface area (Å²) in [6.45, 7) is 3.00. The van der Waals surface area contributed by atoms with Crippen molar-refractivity contribution in [1.82, 2.24) is 14.9 Å². The van der Waals surface area contributed by atoms with Gasteiger partial charge in [-0.1, -0.05) is 6.42 Å². The minimum Gasteiger partial charge on any atom is -0.494 e. The first-order valence-electron chi connectivity index (χ1n) is 8.44. The normalized spacial score (nSPS) is 17.3. The molecule has 0 atom stereocenters. The lowest BCUT2D eigenvalue weighted by molar-refractivity contribution is 0.0724. The Morgan fingerprint density at radius 1 is 1.42 bits per heavy atom. The van der Waals surface area contributed by atoms with Crippen molar-refractivity contribution in [3.63, 3.8) is 0 Å². The highest BCUT2D eigenvalue weighted by Crippen LogP contribution is 2.37. The molecule has 0 spiro atoms. The van der Waals surface area contributed by atoms with Gasteiger partial charge >= 0.3 is 0 Å². The van der Waals surface area contributed by atoms with Crippen molar-refractivity contribution in [3.8, 4) is 5.75 Å². The largest absolute Gasteiger partial charge is 0.494 e. The zero-order valence-electron chi connectivity index (χ0n) is 14.0. The van der Waals surface area contributed by atoms with Crippen LogP contribution in [-0.4, -0.2) is 34.4 Å². The van der Waals surface area contributed by atoms with Gasteiger partial charge in [0.05, 0.1) is 25.4 Å². The second-order valence-electron chi connectivity index (χ2n) is 6.55. The summed E-state index contributed by atoms with van der Waals surface area (Å²) in [6.07, 6.45) is 5.89. The molecule has 0 bridgehead atoms. The summed E-state index contributed by atoms with van der Waals surface area (Å²) in [5, 5.41) is 0. The van der Waals surface area contributed by atoms with Gasteiger partial charge in [0.1, 0.15) is 17.2 Å². The van der Waals surface area contributed by atoms with Gasteiger partial charge < -0.3 is 14.1 Å². The number of aromatic nitrogens is 2. The maximum absolute atomic E-state index is 12.9. The number of carbonyl (C=O) groups excluding carboxylic acids is 1. The van der Waals surface area contributed by atoms with E-state index in [9.17, 15) is 4.79 Å². The van der Waals surface area contributed by atoms with E-state index in [2.05, 4.69) is 9.97 Å². The van der Waals surface area contributed by atoms with Crippen LogP contribution in [-0.2, 0) is 13.0 Å². The van der Waals surface area contributed by atoms with Crippen LogP contribution in [0.25, 0.3) is 0 Å². The molecule has 3 heterocycles. The molecule has 1 aliphatic carbocycles. The molecule has 2 aliphatic rings. The standard InChI is InChI=1S/C18H21N3O3/c1-11-8-13(16(23-2)9-19-11)18(22)21-7-6-15-14(10-21)20-17(24-15)12-4-3-5-12/h8-9,12H,3-7,10H2,1-2H3. The summed E-state index contributed by atoms with van der Waals surface area (Å²) >= 11 is 0. The van der Waals surface area contributed by atoms with Crippen LogP contribution >= 0.6 is 0 Å². The molecule has 0 radical (unpaired) electrons. The molecule has 1 fully saturated rings. The minimum absolute atomic E-state index is 0.0452. The molecule has 2 aromatic heterocycles. The molecular weight excluding hydrogens is 306 g/mol. The van der Waals surface area contributed by atoms with Crippen LogP contribution in [0.2, 0.25) is 0 Å². The molecule has 4 rings (SSSR count). The number of hydrogen-bond acceptors (Lipinski definition) is 5. The lowest BCUT2D eigenvalue weighted by atomic mass is 9.85. The van der Waals surface area contributed by atoms with Gasteiger partial charge in [0.2, 0.25) is 0 Å². The van der Waals surface area contributed by atoms with E-state index in [1.165, 1.54) is 6.42 Å². The van der Waals surface area contributed by atoms with E-state index in [1.54, 1.807) is 19.4 Å². The quantitative estimate of drug-likeness (QED) is 0.867. The second kappa shape index (κ2) is 5.92. The molecular formula is C18H21N3O3. The fourth-order valence-corrected chi connectivity index (χ4v) is 3.27. The predicted molar refractivity (Wildman–Crippen MR) is 87.1 cm³/mol. The van der Waals surface area contributed by atoms with E-state index in [-0.39, 0.29) is 5.91 Å². The second-order valence-corrected chi connectivity index (χ2v) is 6.55. The Morgan fingerprint density at radius 2 is 2.25 bits per heavy atom. The summed E-state index contributed by atoms with van der Waals surface area (Å²) < 4.78 is 11.2. The maximum Gasteiger partial charge on any atom is 0.258 e. The van der Waals surface area contributed by atoms with Crippen LogP contribution in [0.3, 0.4) is 0 Å². The molecule has 6 nitrogen and oxygen atoms in total. The number of hydrogen-bond donors (Lipinski definition) is 0. The fraction of sp³-hybridized carbons (Fsp3) is 0.500. The average molecular weight is 327 g/mol. The van der Waals surface area contributed by atoms with Crippen molar-refractivity contribution in [2.24, 2.45) is 0 Å². The molecule has 126 valence electrons. The third-order valence-corrected chi connectivity index (χ3v) is 4.94. The summed E-state index contributed by atoms with van der Waals surface area (Å²) in [5.41, 5.74) is 2.25. The zero-order chi connectivity index (χ0) is 16.7. The summed E-state index contributed by atoms with van der Waals surface area (Å²) in [4.78, 5) is 23.6. The third kappa shape index (κ3) is 2.56. The number of pyridine rings is 1. The smallest absolute Gasteiger partial charge is 0.258 e. The zero-order valence-corrected chi connectivity index (χ0v) is 14.0. The number of nitrogens with zero attached hydrogens (tertiary/aromatic N) is 3. The van der Waals surface area contributed by atoms with E-state index in [4.69, 9.17) is 9.15 Å². The summed E-state index contributed by atoms with van der Waals surface area (Å²) in [7, 11) is 1.56. The number of fused-ring (bicyclic) bond motifs is 1. The Kier molecular flexibility index (Phi) is 3.75. The first kappa shape index (κ1) is 15.2. The Labute approximate surface area is 140 Å². The lowest BCUT2D eigenvalue weighted by Crippen LogP contribution is -2.36. The molecule has 0 N–H and O–H groups in total. The van der Waals surface area contributed by atoms with E-state index in [1.807, 2.05) is 11.8 Å². The molecule has 6 heteroatoms. The van der Waals surface area contributed by atoms with Gasteiger partial charge in [-0.05, 0) is 25.8 Å². The highest BCUT2D eigenvalue weighted by molar-refractivity contribution is 5.97. The van der Waals surface area contributed by atoms with Crippen molar-refractivity contribution in [2.75, 3.05) is 13.7 Å². The number of ether oxygens (including phenoxy) is 1. The van der Waals surface area contributed by atoms with Gasteiger partial charge in [0.15, 0.2) is 5.89 Å². The number of oxazole rings is 1. The van der Waals surface area contributed by atoms with Crippen LogP contribution in [0.5, 0.6) is 5.75 Å². The van der Waals surface area contributed by atoms with Crippen LogP contribution in [0.1, 0.15) is 58.6 Å². The minimum atomic E-state index is -0.0452. The Morgan fingerprint density at radius 3 is 2.96 bits per heavy atom. The van der Waals surface area contributed by atoms with Crippen LogP contribution in [0.4, 0.5) is 0 Å². The van der Waals surface area contributed by atoms with Crippen molar-refractivity contribution in [2.45, 2.75) is 45.1 Å². The van der Waals surface area contributed by atoms with Crippen molar-refractivity contribution >= 4 is 5.91 Å². The van der Waals surface area contributed by atoms with E-state index >= 15 is 0 Å². The molecule has 1 aliphatic heterocycles. The fourth-order valence-electron chi connectivity index (χ4n) is 3.27. The van der Waals surface area contributed by atoms with Crippen molar-refractivity contribution in [1.29, 1.82) is 0 Å². The number of aryl methyl sites for hydroxylation is 1. The molecule has 1 saturated carbocycles. The van der Waals surface area contributed by atoms with E-state index in [0.29, 0.717) is 36.7 Å². The Balaban J connectivity index is 1.56. The van der Waals surface area contributed by atoms with Gasteiger partial charge in [0.25, 0.3) is 5.91 Å². The predicted octanol–water partition coefficient (Wildman–Crippen LogP) is 2.85. The first-order chi connectivity index (χ1) is 11.7. The molecule has 0 saturated heterocycles. The van der Waals surface area contributed by atoms with E-state index < -0.39 is 0 Å². The molecule has 24 heavy (non-hydrogen) atoms. The monoisotopic (exact) mass is 327 g/mol. The Bertz CT molecular complexity index is 780. The summed E-state index contributed by atoms with van der Waals surface area (Å²) in [5.74, 6) is 2.74. The number of methoxy groups -OCH3 is 1. The van der Waals surface area contributed by atoms with Gasteiger partial charge in [0, 0.05) is 24.6 Å². The topological polar surface area (TPSA) is 68.5 Å². The van der Waals surface area contributed by atoms with Gasteiger partial charge in [-0.15, -0.1) is 0 Å². The highest BCUT2D eigenvalue weighted by atomic mass is 16.5. The molecule has 0 aromatic carbocycles. The third-order valence-electron chi connectivity index (χ3n) is 4.94. The van der Waals surface area contributed by atoms with Crippen molar-refractivity contribution in [3.05, 3.63) is 40.9 Å². The van der Waals surface area contributed by atoms with Gasteiger partial charge in [-0.3, -0.25) is 9.78 Å². The number of carbonyl (C=O) groups is 1. The van der Waals surface area contributed by atoms with Crippen LogP contribution in [0, 0.1) is 6.92 Å².